The van der Waals surface area contributed by atoms with E-state index in [1.165, 1.54) is 11.1 Å². The third kappa shape index (κ3) is 1.71. The molecule has 0 aliphatic heterocycles. The van der Waals surface area contributed by atoms with Crippen molar-refractivity contribution in [1.29, 1.82) is 0 Å². The van der Waals surface area contributed by atoms with Crippen molar-refractivity contribution in [3.63, 3.8) is 0 Å². The highest BCUT2D eigenvalue weighted by atomic mass is 79.9. The number of phenols is 1. The molecule has 1 atom stereocenters. The Balaban J connectivity index is 2.71. The lowest BCUT2D eigenvalue weighted by atomic mass is 9.82. The van der Waals surface area contributed by atoms with Gasteiger partial charge in [0, 0.05) is 11.5 Å². The maximum absolute atomic E-state index is 10.0. The van der Waals surface area contributed by atoms with E-state index in [-0.39, 0.29) is 11.5 Å². The molecule has 0 radical (unpaired) electrons. The van der Waals surface area contributed by atoms with E-state index < -0.39 is 0 Å². The van der Waals surface area contributed by atoms with Gasteiger partial charge in [-0.05, 0) is 78.7 Å². The maximum atomic E-state index is 10.0. The largest absolute Gasteiger partial charge is 0.506 e. The summed E-state index contributed by atoms with van der Waals surface area (Å²) in [5, 5.41) is 10.0. The first kappa shape index (κ1) is 12.9. The van der Waals surface area contributed by atoms with Gasteiger partial charge in [0.2, 0.25) is 0 Å². The second-order valence-corrected chi connectivity index (χ2v) is 6.15. The number of aromatic hydroxyl groups is 1. The van der Waals surface area contributed by atoms with Gasteiger partial charge in [-0.1, -0.05) is 0 Å². The zero-order valence-electron chi connectivity index (χ0n) is 10.9. The molecule has 1 aromatic carbocycles. The minimum Gasteiger partial charge on any atom is -0.506 e. The highest BCUT2D eigenvalue weighted by molar-refractivity contribution is 9.10. The van der Waals surface area contributed by atoms with Crippen LogP contribution in [0, 0.1) is 20.8 Å². The summed E-state index contributed by atoms with van der Waals surface area (Å²) in [5.74, 6) is 0.365. The summed E-state index contributed by atoms with van der Waals surface area (Å²) in [5.41, 5.74) is 10.9. The molecule has 1 fully saturated rings. The maximum Gasteiger partial charge on any atom is 0.133 e. The molecule has 3 N–H and O–H groups in total. The predicted molar refractivity (Wildman–Crippen MR) is 74.6 cm³/mol. The zero-order valence-corrected chi connectivity index (χ0v) is 12.5. The summed E-state index contributed by atoms with van der Waals surface area (Å²) in [6.45, 7) is 8.21. The third-order valence-electron chi connectivity index (χ3n) is 4.36. The molecule has 0 amide bonds. The number of hydrogen-bond donors (Lipinski definition) is 2. The number of phenolic OH excluding ortho intramolecular Hbond substituents is 1. The Morgan fingerprint density at radius 3 is 2.12 bits per heavy atom. The van der Waals surface area contributed by atoms with Gasteiger partial charge in [-0.15, -0.1) is 0 Å². The summed E-state index contributed by atoms with van der Waals surface area (Å²) in [4.78, 5) is 0. The van der Waals surface area contributed by atoms with Crippen molar-refractivity contribution in [3.8, 4) is 5.75 Å². The lowest BCUT2D eigenvalue weighted by Crippen LogP contribution is -2.33. The first-order chi connectivity index (χ1) is 7.83. The van der Waals surface area contributed by atoms with Crippen LogP contribution < -0.4 is 5.73 Å². The molecule has 0 spiro atoms. The van der Waals surface area contributed by atoms with Crippen molar-refractivity contribution in [3.05, 3.63) is 26.7 Å². The molecule has 17 heavy (non-hydrogen) atoms. The topological polar surface area (TPSA) is 46.2 Å². The van der Waals surface area contributed by atoms with Gasteiger partial charge in [-0.3, -0.25) is 0 Å². The van der Waals surface area contributed by atoms with Crippen molar-refractivity contribution in [2.75, 3.05) is 0 Å². The van der Waals surface area contributed by atoms with Crippen LogP contribution in [-0.4, -0.2) is 11.1 Å². The first-order valence-electron chi connectivity index (χ1n) is 6.07. The Kier molecular flexibility index (Phi) is 3.03. The number of halogens is 1. The fourth-order valence-electron chi connectivity index (χ4n) is 2.91. The monoisotopic (exact) mass is 297 g/mol. The Bertz CT molecular complexity index is 447. The summed E-state index contributed by atoms with van der Waals surface area (Å²) < 4.78 is 0.822. The quantitative estimate of drug-likeness (QED) is 0.878. The Morgan fingerprint density at radius 2 is 1.71 bits per heavy atom. The van der Waals surface area contributed by atoms with Crippen LogP contribution in [-0.2, 0) is 5.41 Å². The van der Waals surface area contributed by atoms with Gasteiger partial charge < -0.3 is 10.8 Å². The molecule has 0 saturated heterocycles. The van der Waals surface area contributed by atoms with Gasteiger partial charge in [0.1, 0.15) is 5.75 Å². The summed E-state index contributed by atoms with van der Waals surface area (Å²) in [7, 11) is 0. The van der Waals surface area contributed by atoms with E-state index in [9.17, 15) is 5.11 Å². The molecule has 0 aromatic heterocycles. The van der Waals surface area contributed by atoms with E-state index in [1.807, 2.05) is 6.92 Å². The van der Waals surface area contributed by atoms with Crippen molar-refractivity contribution in [2.45, 2.75) is 52.0 Å². The zero-order chi connectivity index (χ0) is 13.0. The van der Waals surface area contributed by atoms with E-state index in [4.69, 9.17) is 5.73 Å². The Hall–Kier alpha value is -0.540. The van der Waals surface area contributed by atoms with Gasteiger partial charge in [0.15, 0.2) is 0 Å². The van der Waals surface area contributed by atoms with E-state index in [2.05, 4.69) is 36.7 Å². The average Bonchev–Trinajstić information content (AvgIpc) is 3.05. The van der Waals surface area contributed by atoms with Crippen LogP contribution in [0.3, 0.4) is 0 Å². The number of hydrogen-bond acceptors (Lipinski definition) is 2. The summed E-state index contributed by atoms with van der Waals surface area (Å²) in [6, 6.07) is 0.163. The third-order valence-corrected chi connectivity index (χ3v) is 5.33. The Labute approximate surface area is 111 Å². The molecule has 1 aromatic rings. The molecule has 1 aliphatic carbocycles. The van der Waals surface area contributed by atoms with Gasteiger partial charge in [0.25, 0.3) is 0 Å². The molecule has 2 rings (SSSR count). The molecule has 3 heteroatoms. The van der Waals surface area contributed by atoms with Crippen molar-refractivity contribution >= 4 is 15.9 Å². The van der Waals surface area contributed by atoms with Crippen LogP contribution in [0.2, 0.25) is 0 Å². The summed E-state index contributed by atoms with van der Waals surface area (Å²) >= 11 is 3.49. The fraction of sp³-hybridized carbons (Fsp3) is 0.571. The van der Waals surface area contributed by atoms with Crippen LogP contribution in [0.25, 0.3) is 0 Å². The van der Waals surface area contributed by atoms with Crippen LogP contribution >= 0.6 is 15.9 Å². The molecule has 1 saturated carbocycles. The highest BCUT2D eigenvalue weighted by Gasteiger charge is 2.49. The van der Waals surface area contributed by atoms with Crippen molar-refractivity contribution in [2.24, 2.45) is 5.73 Å². The SMILES string of the molecule is Cc1c(C)c(C2(C(C)N)CC2)c(C)c(Br)c1O. The lowest BCUT2D eigenvalue weighted by Gasteiger charge is -2.27. The standard InChI is InChI=1S/C14H20BrNO/c1-7-8(2)13(17)12(15)9(3)11(7)14(5-6-14)10(4)16/h10,17H,5-6,16H2,1-4H3. The Morgan fingerprint density at radius 1 is 1.18 bits per heavy atom. The molecule has 1 aliphatic rings. The molecule has 0 bridgehead atoms. The molecular weight excluding hydrogens is 278 g/mol. The van der Waals surface area contributed by atoms with E-state index in [0.29, 0.717) is 5.75 Å². The van der Waals surface area contributed by atoms with Crippen molar-refractivity contribution < 1.29 is 5.11 Å². The molecule has 1 unspecified atom stereocenters. The number of benzene rings is 1. The van der Waals surface area contributed by atoms with Crippen LogP contribution in [0.1, 0.15) is 42.0 Å². The van der Waals surface area contributed by atoms with Gasteiger partial charge in [-0.25, -0.2) is 0 Å². The van der Waals surface area contributed by atoms with E-state index in [0.717, 1.165) is 28.4 Å². The second kappa shape index (κ2) is 3.99. The van der Waals surface area contributed by atoms with Crippen LogP contribution in [0.5, 0.6) is 5.75 Å². The molecular formula is C14H20BrNO. The van der Waals surface area contributed by atoms with Crippen LogP contribution in [0.15, 0.2) is 4.47 Å². The van der Waals surface area contributed by atoms with Crippen LogP contribution in [0.4, 0.5) is 0 Å². The number of nitrogens with two attached hydrogens (primary N) is 1. The van der Waals surface area contributed by atoms with Gasteiger partial charge >= 0.3 is 0 Å². The number of rotatable bonds is 2. The van der Waals surface area contributed by atoms with Gasteiger partial charge in [-0.2, -0.15) is 0 Å². The highest BCUT2D eigenvalue weighted by Crippen LogP contribution is 2.54. The normalized spacial score (nSPS) is 19.2. The second-order valence-electron chi connectivity index (χ2n) is 5.36. The molecule has 2 nitrogen and oxygen atoms in total. The van der Waals surface area contributed by atoms with Gasteiger partial charge in [0.05, 0.1) is 4.47 Å². The van der Waals surface area contributed by atoms with E-state index in [1.54, 1.807) is 0 Å². The smallest absolute Gasteiger partial charge is 0.133 e. The predicted octanol–water partition coefficient (Wildman–Crippen LogP) is 3.46. The molecule has 0 heterocycles. The minimum absolute atomic E-state index is 0.134. The van der Waals surface area contributed by atoms with E-state index >= 15 is 0 Å². The van der Waals surface area contributed by atoms with Crippen molar-refractivity contribution in [1.82, 2.24) is 0 Å². The summed E-state index contributed by atoms with van der Waals surface area (Å²) in [6.07, 6.45) is 2.31. The fourth-order valence-corrected chi connectivity index (χ4v) is 3.41. The first-order valence-corrected chi connectivity index (χ1v) is 6.86. The minimum atomic E-state index is 0.134. The molecule has 94 valence electrons. The average molecular weight is 298 g/mol. The lowest BCUT2D eigenvalue weighted by molar-refractivity contribution is 0.464.